The van der Waals surface area contributed by atoms with Gasteiger partial charge in [0.05, 0.1) is 5.56 Å². The Labute approximate surface area is 112 Å². The zero-order chi connectivity index (χ0) is 14.0. The molecule has 3 heteroatoms. The molecule has 0 bridgehead atoms. The van der Waals surface area contributed by atoms with Crippen LogP contribution in [0.1, 0.15) is 22.3 Å². The summed E-state index contributed by atoms with van der Waals surface area (Å²) in [6.07, 6.45) is 0. The van der Waals surface area contributed by atoms with Crippen molar-refractivity contribution in [2.24, 2.45) is 0 Å². The molecule has 0 radical (unpaired) electrons. The highest BCUT2D eigenvalue weighted by Gasteiger charge is 2.11. The predicted molar refractivity (Wildman–Crippen MR) is 71.8 cm³/mol. The van der Waals surface area contributed by atoms with E-state index in [1.165, 1.54) is 18.2 Å². The van der Waals surface area contributed by atoms with E-state index < -0.39 is 5.82 Å². The first-order chi connectivity index (χ1) is 9.02. The van der Waals surface area contributed by atoms with Gasteiger partial charge in [-0.25, -0.2) is 4.39 Å². The average Bonchev–Trinajstić information content (AvgIpc) is 2.40. The van der Waals surface area contributed by atoms with Crippen molar-refractivity contribution in [2.45, 2.75) is 20.8 Å². The summed E-state index contributed by atoms with van der Waals surface area (Å²) in [6, 6.07) is 9.88. The SMILES string of the molecule is Cc1ccc(C)c(Oc2ccc(F)cc2C#N)c1C. The summed E-state index contributed by atoms with van der Waals surface area (Å²) in [5.74, 6) is 0.658. The number of hydrogen-bond donors (Lipinski definition) is 0. The lowest BCUT2D eigenvalue weighted by atomic mass is 10.1. The molecule has 0 aromatic heterocycles. The molecule has 2 aromatic carbocycles. The summed E-state index contributed by atoms with van der Waals surface area (Å²) in [5, 5.41) is 9.02. The summed E-state index contributed by atoms with van der Waals surface area (Å²) < 4.78 is 18.9. The Morgan fingerprint density at radius 2 is 1.74 bits per heavy atom. The normalized spacial score (nSPS) is 10.1. The molecule has 0 heterocycles. The van der Waals surface area contributed by atoms with E-state index in [1.807, 2.05) is 39.0 Å². The number of hydrogen-bond acceptors (Lipinski definition) is 2. The molecule has 0 N–H and O–H groups in total. The van der Waals surface area contributed by atoms with Gasteiger partial charge in [0, 0.05) is 0 Å². The number of nitrogens with zero attached hydrogens (tertiary/aromatic N) is 1. The smallest absolute Gasteiger partial charge is 0.145 e. The first-order valence-electron chi connectivity index (χ1n) is 5.97. The third-order valence-corrected chi connectivity index (χ3v) is 3.15. The zero-order valence-corrected chi connectivity index (χ0v) is 11.1. The van der Waals surface area contributed by atoms with Crippen LogP contribution in [-0.4, -0.2) is 0 Å². The molecular formula is C16H14FNO. The van der Waals surface area contributed by atoms with E-state index in [1.54, 1.807) is 0 Å². The summed E-state index contributed by atoms with van der Waals surface area (Å²) in [6.45, 7) is 5.90. The lowest BCUT2D eigenvalue weighted by molar-refractivity contribution is 0.471. The zero-order valence-electron chi connectivity index (χ0n) is 11.1. The second-order valence-corrected chi connectivity index (χ2v) is 4.51. The van der Waals surface area contributed by atoms with Crippen molar-refractivity contribution in [1.29, 1.82) is 5.26 Å². The monoisotopic (exact) mass is 255 g/mol. The van der Waals surface area contributed by atoms with Crippen LogP contribution >= 0.6 is 0 Å². The number of benzene rings is 2. The highest BCUT2D eigenvalue weighted by atomic mass is 19.1. The van der Waals surface area contributed by atoms with Gasteiger partial charge in [0.25, 0.3) is 0 Å². The molecule has 0 fully saturated rings. The molecule has 19 heavy (non-hydrogen) atoms. The molecule has 0 aliphatic carbocycles. The Hall–Kier alpha value is -2.34. The maximum atomic E-state index is 13.1. The van der Waals surface area contributed by atoms with Gasteiger partial charge in [-0.15, -0.1) is 0 Å². The molecule has 0 aliphatic heterocycles. The Bertz CT molecular complexity index is 671. The number of aryl methyl sites for hydroxylation is 2. The third kappa shape index (κ3) is 2.58. The van der Waals surface area contributed by atoms with Gasteiger partial charge in [0.1, 0.15) is 23.4 Å². The molecule has 0 saturated heterocycles. The molecule has 2 rings (SSSR count). The van der Waals surface area contributed by atoms with E-state index in [0.717, 1.165) is 22.4 Å². The van der Waals surface area contributed by atoms with Crippen molar-refractivity contribution in [3.63, 3.8) is 0 Å². The molecule has 0 saturated carbocycles. The standard InChI is InChI=1S/C16H14FNO/c1-10-4-5-11(2)16(12(10)3)19-15-7-6-14(17)8-13(15)9-18/h4-8H,1-3H3. The van der Waals surface area contributed by atoms with E-state index in [9.17, 15) is 4.39 Å². The topological polar surface area (TPSA) is 33.0 Å². The maximum Gasteiger partial charge on any atom is 0.145 e. The lowest BCUT2D eigenvalue weighted by Crippen LogP contribution is -1.95. The molecular weight excluding hydrogens is 241 g/mol. The van der Waals surface area contributed by atoms with Crippen molar-refractivity contribution in [1.82, 2.24) is 0 Å². The second-order valence-electron chi connectivity index (χ2n) is 4.51. The summed E-state index contributed by atoms with van der Waals surface area (Å²) in [7, 11) is 0. The summed E-state index contributed by atoms with van der Waals surface area (Å²) in [4.78, 5) is 0. The Balaban J connectivity index is 2.48. The fraction of sp³-hybridized carbons (Fsp3) is 0.188. The van der Waals surface area contributed by atoms with Gasteiger partial charge in [-0.1, -0.05) is 12.1 Å². The molecule has 0 spiro atoms. The van der Waals surface area contributed by atoms with Gasteiger partial charge in [0.15, 0.2) is 0 Å². The van der Waals surface area contributed by atoms with E-state index in [0.29, 0.717) is 5.75 Å². The van der Waals surface area contributed by atoms with Crippen molar-refractivity contribution < 1.29 is 9.13 Å². The number of nitriles is 1. The van der Waals surface area contributed by atoms with Crippen LogP contribution in [0.2, 0.25) is 0 Å². The molecule has 2 aromatic rings. The Kier molecular flexibility index (Phi) is 3.52. The summed E-state index contributed by atoms with van der Waals surface area (Å²) >= 11 is 0. The molecule has 0 atom stereocenters. The number of ether oxygens (including phenoxy) is 1. The van der Waals surface area contributed by atoms with Crippen molar-refractivity contribution >= 4 is 0 Å². The Morgan fingerprint density at radius 1 is 1.05 bits per heavy atom. The maximum absolute atomic E-state index is 13.1. The first-order valence-corrected chi connectivity index (χ1v) is 5.97. The fourth-order valence-corrected chi connectivity index (χ4v) is 1.87. The predicted octanol–water partition coefficient (Wildman–Crippen LogP) is 4.41. The van der Waals surface area contributed by atoms with Crippen molar-refractivity contribution in [2.75, 3.05) is 0 Å². The number of halogens is 1. The van der Waals surface area contributed by atoms with Crippen LogP contribution in [0.5, 0.6) is 11.5 Å². The quantitative estimate of drug-likeness (QED) is 0.796. The van der Waals surface area contributed by atoms with Crippen molar-refractivity contribution in [3.8, 4) is 17.6 Å². The molecule has 0 unspecified atom stereocenters. The minimum Gasteiger partial charge on any atom is -0.455 e. The van der Waals surface area contributed by atoms with Crippen molar-refractivity contribution in [3.05, 3.63) is 58.4 Å². The van der Waals surface area contributed by atoms with Crippen LogP contribution in [0, 0.1) is 37.9 Å². The average molecular weight is 255 g/mol. The molecule has 96 valence electrons. The van der Waals surface area contributed by atoms with E-state index in [4.69, 9.17) is 10.00 Å². The third-order valence-electron chi connectivity index (χ3n) is 3.15. The number of rotatable bonds is 2. The largest absolute Gasteiger partial charge is 0.455 e. The molecule has 2 nitrogen and oxygen atoms in total. The van der Waals surface area contributed by atoms with Gasteiger partial charge < -0.3 is 4.74 Å². The van der Waals surface area contributed by atoms with Gasteiger partial charge in [-0.05, 0) is 55.7 Å². The second kappa shape index (κ2) is 5.11. The van der Waals surface area contributed by atoms with E-state index in [-0.39, 0.29) is 5.56 Å². The van der Waals surface area contributed by atoms with E-state index in [2.05, 4.69) is 0 Å². The van der Waals surface area contributed by atoms with Gasteiger partial charge in [-0.2, -0.15) is 5.26 Å². The van der Waals surface area contributed by atoms with Crippen LogP contribution in [0.15, 0.2) is 30.3 Å². The molecule has 0 aliphatic rings. The minimum absolute atomic E-state index is 0.195. The van der Waals surface area contributed by atoms with Gasteiger partial charge in [-0.3, -0.25) is 0 Å². The first kappa shape index (κ1) is 13.1. The highest BCUT2D eigenvalue weighted by Crippen LogP contribution is 2.32. The van der Waals surface area contributed by atoms with Gasteiger partial charge >= 0.3 is 0 Å². The van der Waals surface area contributed by atoms with Crippen LogP contribution < -0.4 is 4.74 Å². The minimum atomic E-state index is -0.443. The van der Waals surface area contributed by atoms with E-state index >= 15 is 0 Å². The van der Waals surface area contributed by atoms with Gasteiger partial charge in [0.2, 0.25) is 0 Å². The summed E-state index contributed by atoms with van der Waals surface area (Å²) in [5.41, 5.74) is 3.31. The van der Waals surface area contributed by atoms with Crippen LogP contribution in [0.4, 0.5) is 4.39 Å². The van der Waals surface area contributed by atoms with Crippen LogP contribution in [0.25, 0.3) is 0 Å². The van der Waals surface area contributed by atoms with Crippen LogP contribution in [-0.2, 0) is 0 Å². The fourth-order valence-electron chi connectivity index (χ4n) is 1.87. The highest BCUT2D eigenvalue weighted by molar-refractivity contribution is 5.50. The lowest BCUT2D eigenvalue weighted by Gasteiger charge is -2.14. The molecule has 0 amide bonds. The van der Waals surface area contributed by atoms with Crippen LogP contribution in [0.3, 0.4) is 0 Å². The Morgan fingerprint density at radius 3 is 2.42 bits per heavy atom.